The maximum absolute atomic E-state index is 10.0. The number of hydrogen-bond acceptors (Lipinski definition) is 10. The summed E-state index contributed by atoms with van der Waals surface area (Å²) in [5, 5.41) is 40.6. The molecule has 0 atom stereocenters. The Bertz CT molecular complexity index is 2040. The van der Waals surface area contributed by atoms with Crippen LogP contribution < -0.4 is 10.6 Å². The van der Waals surface area contributed by atoms with Gasteiger partial charge < -0.3 is 10.6 Å². The number of aryl methyl sites for hydroxylation is 3. The van der Waals surface area contributed by atoms with Crippen LogP contribution in [0.3, 0.4) is 0 Å². The standard InChI is InChI=1S/C32H24N10S/c1-19-8-12-23(13-9-19)35-29-22(17-33)16-27(30(38-29)36-24-14-10-20(2)11-15-24)39-40-31-25(18-34)21(3)41-42(31)32-37-26-6-4-5-7-28(26)43-32/h4-16H,1-3H3,(H2,35,36,38). The van der Waals surface area contributed by atoms with Crippen molar-refractivity contribution in [3.05, 3.63) is 107 Å². The van der Waals surface area contributed by atoms with Gasteiger partial charge in [-0.25, -0.2) is 9.97 Å². The van der Waals surface area contributed by atoms with Crippen LogP contribution >= 0.6 is 11.3 Å². The van der Waals surface area contributed by atoms with E-state index in [1.54, 1.807) is 13.0 Å². The van der Waals surface area contributed by atoms with Crippen LogP contribution in [0.4, 0.5) is 34.5 Å². The third kappa shape index (κ3) is 5.66. The number of thiazole rings is 1. The van der Waals surface area contributed by atoms with Gasteiger partial charge in [0.2, 0.25) is 5.13 Å². The summed E-state index contributed by atoms with van der Waals surface area (Å²) in [4.78, 5) is 9.44. The van der Waals surface area contributed by atoms with Gasteiger partial charge in [0.05, 0.1) is 21.5 Å². The molecule has 0 spiro atoms. The fraction of sp³-hybridized carbons (Fsp3) is 0.0938. The number of anilines is 4. The van der Waals surface area contributed by atoms with Crippen LogP contribution in [-0.4, -0.2) is 19.7 Å². The van der Waals surface area contributed by atoms with E-state index < -0.39 is 0 Å². The Morgan fingerprint density at radius 1 is 0.767 bits per heavy atom. The molecule has 0 amide bonds. The number of fused-ring (bicyclic) bond motifs is 1. The van der Waals surface area contributed by atoms with E-state index in [1.165, 1.54) is 16.0 Å². The quantitative estimate of drug-likeness (QED) is 0.181. The zero-order valence-electron chi connectivity index (χ0n) is 23.5. The minimum atomic E-state index is 0.237. The van der Waals surface area contributed by atoms with Crippen LogP contribution in [-0.2, 0) is 0 Å². The van der Waals surface area contributed by atoms with E-state index in [0.717, 1.165) is 32.7 Å². The van der Waals surface area contributed by atoms with E-state index in [1.807, 2.05) is 86.6 Å². The summed E-state index contributed by atoms with van der Waals surface area (Å²) >= 11 is 1.44. The zero-order valence-corrected chi connectivity index (χ0v) is 24.3. The largest absolute Gasteiger partial charge is 0.339 e. The lowest BCUT2D eigenvalue weighted by Gasteiger charge is -2.13. The molecule has 43 heavy (non-hydrogen) atoms. The van der Waals surface area contributed by atoms with Gasteiger partial charge in [-0.2, -0.15) is 20.3 Å². The van der Waals surface area contributed by atoms with E-state index in [4.69, 9.17) is 4.98 Å². The van der Waals surface area contributed by atoms with Crippen molar-refractivity contribution in [2.45, 2.75) is 20.8 Å². The molecule has 6 rings (SSSR count). The molecule has 0 aliphatic heterocycles. The molecule has 6 aromatic rings. The van der Waals surface area contributed by atoms with Crippen LogP contribution in [0, 0.1) is 43.4 Å². The molecular formula is C32H24N10S. The average Bonchev–Trinajstić information content (AvgIpc) is 3.59. The average molecular weight is 581 g/mol. The minimum Gasteiger partial charge on any atom is -0.339 e. The highest BCUT2D eigenvalue weighted by atomic mass is 32.1. The van der Waals surface area contributed by atoms with Gasteiger partial charge in [-0.1, -0.05) is 58.9 Å². The number of hydrogen-bond donors (Lipinski definition) is 2. The number of para-hydroxylation sites is 1. The molecule has 0 saturated heterocycles. The lowest BCUT2D eigenvalue weighted by molar-refractivity contribution is 0.848. The molecule has 0 aliphatic rings. The number of nitrogens with zero attached hydrogens (tertiary/aromatic N) is 8. The molecule has 0 aliphatic carbocycles. The van der Waals surface area contributed by atoms with Crippen molar-refractivity contribution in [3.63, 3.8) is 0 Å². The monoisotopic (exact) mass is 580 g/mol. The molecule has 0 saturated carbocycles. The summed E-state index contributed by atoms with van der Waals surface area (Å²) < 4.78 is 2.51. The summed E-state index contributed by atoms with van der Waals surface area (Å²) in [6.45, 7) is 5.76. The van der Waals surface area contributed by atoms with Crippen LogP contribution in [0.25, 0.3) is 15.3 Å². The molecule has 3 heterocycles. The van der Waals surface area contributed by atoms with Gasteiger partial charge >= 0.3 is 0 Å². The van der Waals surface area contributed by atoms with Crippen LogP contribution in [0.5, 0.6) is 0 Å². The second kappa shape index (κ2) is 11.5. The van der Waals surface area contributed by atoms with Crippen molar-refractivity contribution >= 4 is 56.1 Å². The lowest BCUT2D eigenvalue weighted by Crippen LogP contribution is -2.02. The molecule has 0 radical (unpaired) electrons. The Morgan fingerprint density at radius 3 is 2.05 bits per heavy atom. The number of nitriles is 2. The Balaban J connectivity index is 1.45. The second-order valence-corrected chi connectivity index (χ2v) is 10.8. The third-order valence-electron chi connectivity index (χ3n) is 6.62. The van der Waals surface area contributed by atoms with Gasteiger partial charge in [0, 0.05) is 11.4 Å². The third-order valence-corrected chi connectivity index (χ3v) is 7.63. The van der Waals surface area contributed by atoms with Gasteiger partial charge in [-0.05, 0) is 63.2 Å². The van der Waals surface area contributed by atoms with Gasteiger partial charge in [0.1, 0.15) is 23.4 Å². The predicted molar refractivity (Wildman–Crippen MR) is 168 cm³/mol. The van der Waals surface area contributed by atoms with Crippen LogP contribution in [0.1, 0.15) is 27.9 Å². The first-order valence-corrected chi connectivity index (χ1v) is 14.1. The highest BCUT2D eigenvalue weighted by Crippen LogP contribution is 2.36. The van der Waals surface area contributed by atoms with E-state index in [2.05, 4.69) is 43.1 Å². The number of azo groups is 1. The first-order chi connectivity index (χ1) is 20.9. The van der Waals surface area contributed by atoms with Crippen molar-refractivity contribution in [2.24, 2.45) is 10.2 Å². The Kier molecular flexibility index (Phi) is 7.31. The molecule has 2 N–H and O–H groups in total. The number of nitrogens with one attached hydrogen (secondary N) is 2. The Hall–Kier alpha value is -5.91. The minimum absolute atomic E-state index is 0.237. The number of aromatic nitrogens is 4. The summed E-state index contributed by atoms with van der Waals surface area (Å²) in [5.41, 5.74) is 6.00. The molecule has 10 nitrogen and oxygen atoms in total. The van der Waals surface area contributed by atoms with Crippen molar-refractivity contribution < 1.29 is 0 Å². The predicted octanol–water partition coefficient (Wildman–Crippen LogP) is 8.45. The van der Waals surface area contributed by atoms with E-state index in [-0.39, 0.29) is 16.9 Å². The fourth-order valence-electron chi connectivity index (χ4n) is 4.32. The van der Waals surface area contributed by atoms with Gasteiger partial charge in [-0.3, -0.25) is 0 Å². The normalized spacial score (nSPS) is 11.0. The zero-order chi connectivity index (χ0) is 29.9. The molecule has 0 unspecified atom stereocenters. The SMILES string of the molecule is Cc1ccc(Nc2nc(Nc3ccc(C)cc3)c(N=Nc3c(C#N)c(C)nn3-c3nc4ccccc4s3)cc2C#N)cc1. The number of pyridine rings is 1. The molecule has 3 aromatic carbocycles. The molecule has 3 aromatic heterocycles. The molecular weight excluding hydrogens is 556 g/mol. The summed E-state index contributed by atoms with van der Waals surface area (Å²) in [7, 11) is 0. The van der Waals surface area contributed by atoms with Gasteiger partial charge in [0.25, 0.3) is 0 Å². The number of rotatable bonds is 7. The van der Waals surface area contributed by atoms with E-state index in [0.29, 0.717) is 28.1 Å². The number of benzene rings is 3. The summed E-state index contributed by atoms with van der Waals surface area (Å²) in [6, 6.07) is 29.4. The van der Waals surface area contributed by atoms with Crippen molar-refractivity contribution in [3.8, 4) is 17.3 Å². The van der Waals surface area contributed by atoms with Crippen molar-refractivity contribution in [1.82, 2.24) is 19.7 Å². The van der Waals surface area contributed by atoms with Crippen molar-refractivity contribution in [1.29, 1.82) is 10.5 Å². The maximum atomic E-state index is 10.0. The highest BCUT2D eigenvalue weighted by Gasteiger charge is 2.20. The Labute approximate surface area is 251 Å². The summed E-state index contributed by atoms with van der Waals surface area (Å²) in [5.74, 6) is 0.983. The van der Waals surface area contributed by atoms with E-state index in [9.17, 15) is 10.5 Å². The second-order valence-electron chi connectivity index (χ2n) is 9.82. The molecule has 0 fully saturated rings. The first kappa shape index (κ1) is 27.3. The highest BCUT2D eigenvalue weighted by molar-refractivity contribution is 7.20. The molecule has 208 valence electrons. The molecule has 11 heteroatoms. The molecule has 0 bridgehead atoms. The van der Waals surface area contributed by atoms with Crippen molar-refractivity contribution in [2.75, 3.05) is 10.6 Å². The maximum Gasteiger partial charge on any atom is 0.213 e. The van der Waals surface area contributed by atoms with Gasteiger partial charge in [0.15, 0.2) is 17.5 Å². The topological polar surface area (TPSA) is 140 Å². The van der Waals surface area contributed by atoms with E-state index >= 15 is 0 Å². The summed E-state index contributed by atoms with van der Waals surface area (Å²) in [6.07, 6.45) is 0. The van der Waals surface area contributed by atoms with Crippen LogP contribution in [0.2, 0.25) is 0 Å². The lowest BCUT2D eigenvalue weighted by atomic mass is 10.2. The smallest absolute Gasteiger partial charge is 0.213 e. The fourth-order valence-corrected chi connectivity index (χ4v) is 5.24. The first-order valence-electron chi connectivity index (χ1n) is 13.3. The Morgan fingerprint density at radius 2 is 1.42 bits per heavy atom. The van der Waals surface area contributed by atoms with Gasteiger partial charge in [-0.15, -0.1) is 10.2 Å². The van der Waals surface area contributed by atoms with Crippen LogP contribution in [0.15, 0.2) is 89.1 Å².